The van der Waals surface area contributed by atoms with Crippen LogP contribution in [0.1, 0.15) is 16.8 Å². The summed E-state index contributed by atoms with van der Waals surface area (Å²) in [5.41, 5.74) is 0.531. The van der Waals surface area contributed by atoms with Crippen LogP contribution in [-0.4, -0.2) is 41.3 Å². The summed E-state index contributed by atoms with van der Waals surface area (Å²) in [6.45, 7) is 0.548. The van der Waals surface area contributed by atoms with Gasteiger partial charge in [-0.1, -0.05) is 30.0 Å². The van der Waals surface area contributed by atoms with E-state index in [-0.39, 0.29) is 17.9 Å². The lowest BCUT2D eigenvalue weighted by molar-refractivity contribution is -0.126. The maximum absolute atomic E-state index is 12.5. The summed E-state index contributed by atoms with van der Waals surface area (Å²) in [7, 11) is 1.75. The first-order chi connectivity index (χ1) is 11.1. The SMILES string of the molecule is CN1C[C@H](NC(=O)c2cccnc2Sc2ccccc2)CC1=O. The highest BCUT2D eigenvalue weighted by Crippen LogP contribution is 2.28. The average molecular weight is 327 g/mol. The standard InChI is InChI=1S/C17H17N3O2S/c1-20-11-12(10-15(20)21)19-16(22)14-8-5-9-18-17(14)23-13-6-3-2-4-7-13/h2-9,12H,10-11H2,1H3,(H,19,22)/t12-/m1/s1. The molecule has 2 aromatic rings. The molecule has 1 aliphatic rings. The molecule has 1 aromatic carbocycles. The van der Waals surface area contributed by atoms with Crippen LogP contribution in [0.5, 0.6) is 0 Å². The molecule has 1 fully saturated rings. The molecule has 2 amide bonds. The first-order valence-electron chi connectivity index (χ1n) is 7.36. The van der Waals surface area contributed by atoms with Crippen molar-refractivity contribution in [3.05, 3.63) is 54.2 Å². The Kier molecular flexibility index (Phi) is 4.62. The lowest BCUT2D eigenvalue weighted by atomic mass is 10.2. The molecule has 1 N–H and O–H groups in total. The van der Waals surface area contributed by atoms with E-state index in [9.17, 15) is 9.59 Å². The summed E-state index contributed by atoms with van der Waals surface area (Å²) in [5, 5.41) is 3.59. The smallest absolute Gasteiger partial charge is 0.254 e. The zero-order valence-electron chi connectivity index (χ0n) is 12.7. The molecule has 6 heteroatoms. The monoisotopic (exact) mass is 327 g/mol. The fourth-order valence-corrected chi connectivity index (χ4v) is 3.37. The fourth-order valence-electron chi connectivity index (χ4n) is 2.47. The van der Waals surface area contributed by atoms with E-state index in [4.69, 9.17) is 0 Å². The van der Waals surface area contributed by atoms with Crippen molar-refractivity contribution in [1.29, 1.82) is 0 Å². The quantitative estimate of drug-likeness (QED) is 0.935. The molecular formula is C17H17N3O2S. The molecule has 3 rings (SSSR count). The highest BCUT2D eigenvalue weighted by Gasteiger charge is 2.28. The van der Waals surface area contributed by atoms with Gasteiger partial charge in [0.05, 0.1) is 11.6 Å². The summed E-state index contributed by atoms with van der Waals surface area (Å²) in [5.74, 6) is -0.134. The summed E-state index contributed by atoms with van der Waals surface area (Å²) >= 11 is 1.45. The number of amides is 2. The number of hydrogen-bond acceptors (Lipinski definition) is 4. The molecule has 1 atom stereocenters. The average Bonchev–Trinajstić information content (AvgIpc) is 2.86. The van der Waals surface area contributed by atoms with Crippen molar-refractivity contribution >= 4 is 23.6 Å². The second-order valence-electron chi connectivity index (χ2n) is 5.42. The zero-order chi connectivity index (χ0) is 16.2. The van der Waals surface area contributed by atoms with E-state index < -0.39 is 0 Å². The van der Waals surface area contributed by atoms with Gasteiger partial charge in [0.15, 0.2) is 0 Å². The van der Waals surface area contributed by atoms with Gasteiger partial charge in [-0.15, -0.1) is 0 Å². The normalized spacial score (nSPS) is 17.3. The van der Waals surface area contributed by atoms with Gasteiger partial charge in [0.2, 0.25) is 5.91 Å². The molecule has 1 aliphatic heterocycles. The first-order valence-corrected chi connectivity index (χ1v) is 8.18. The Labute approximate surface area is 139 Å². The number of carbonyl (C=O) groups is 2. The van der Waals surface area contributed by atoms with Gasteiger partial charge in [-0.25, -0.2) is 4.98 Å². The third-order valence-electron chi connectivity index (χ3n) is 3.65. The van der Waals surface area contributed by atoms with E-state index in [1.165, 1.54) is 11.8 Å². The molecule has 23 heavy (non-hydrogen) atoms. The van der Waals surface area contributed by atoms with Crippen LogP contribution >= 0.6 is 11.8 Å². The molecule has 2 heterocycles. The van der Waals surface area contributed by atoms with E-state index in [0.29, 0.717) is 23.6 Å². The number of nitrogens with one attached hydrogen (secondary N) is 1. The van der Waals surface area contributed by atoms with Gasteiger partial charge < -0.3 is 10.2 Å². The van der Waals surface area contributed by atoms with Gasteiger partial charge in [-0.3, -0.25) is 9.59 Å². The molecule has 1 aromatic heterocycles. The van der Waals surface area contributed by atoms with Crippen molar-refractivity contribution in [3.8, 4) is 0 Å². The highest BCUT2D eigenvalue weighted by atomic mass is 32.2. The lowest BCUT2D eigenvalue weighted by Gasteiger charge is -2.14. The van der Waals surface area contributed by atoms with Crippen LogP contribution in [0.3, 0.4) is 0 Å². The summed E-state index contributed by atoms with van der Waals surface area (Å²) in [4.78, 5) is 31.1. The molecule has 0 saturated carbocycles. The Hall–Kier alpha value is -2.34. The number of pyridine rings is 1. The minimum Gasteiger partial charge on any atom is -0.347 e. The third kappa shape index (κ3) is 3.71. The van der Waals surface area contributed by atoms with E-state index in [2.05, 4.69) is 10.3 Å². The number of carbonyl (C=O) groups excluding carboxylic acids is 2. The lowest BCUT2D eigenvalue weighted by Crippen LogP contribution is -2.36. The molecular weight excluding hydrogens is 310 g/mol. The fraction of sp³-hybridized carbons (Fsp3) is 0.235. The Morgan fingerprint density at radius 3 is 2.74 bits per heavy atom. The van der Waals surface area contributed by atoms with Crippen LogP contribution in [-0.2, 0) is 4.79 Å². The Morgan fingerprint density at radius 1 is 1.26 bits per heavy atom. The predicted molar refractivity (Wildman–Crippen MR) is 88.3 cm³/mol. The number of rotatable bonds is 4. The maximum atomic E-state index is 12.5. The minimum absolute atomic E-state index is 0.0559. The zero-order valence-corrected chi connectivity index (χ0v) is 13.5. The van der Waals surface area contributed by atoms with Crippen LogP contribution in [0.25, 0.3) is 0 Å². The molecule has 118 valence electrons. The summed E-state index contributed by atoms with van der Waals surface area (Å²) in [6, 6.07) is 13.2. The van der Waals surface area contributed by atoms with E-state index in [1.54, 1.807) is 30.3 Å². The number of hydrogen-bond donors (Lipinski definition) is 1. The topological polar surface area (TPSA) is 62.3 Å². The second-order valence-corrected chi connectivity index (χ2v) is 6.48. The highest BCUT2D eigenvalue weighted by molar-refractivity contribution is 7.99. The van der Waals surface area contributed by atoms with Crippen LogP contribution in [0.15, 0.2) is 58.6 Å². The minimum atomic E-state index is -0.190. The van der Waals surface area contributed by atoms with Gasteiger partial charge in [0, 0.05) is 31.1 Å². The van der Waals surface area contributed by atoms with Gasteiger partial charge >= 0.3 is 0 Å². The number of nitrogens with zero attached hydrogens (tertiary/aromatic N) is 2. The Bertz CT molecular complexity index is 721. The van der Waals surface area contributed by atoms with Crippen LogP contribution < -0.4 is 5.32 Å². The molecule has 5 nitrogen and oxygen atoms in total. The van der Waals surface area contributed by atoms with Gasteiger partial charge in [0.1, 0.15) is 5.03 Å². The van der Waals surface area contributed by atoms with Crippen molar-refractivity contribution < 1.29 is 9.59 Å². The Morgan fingerprint density at radius 2 is 2.04 bits per heavy atom. The number of aromatic nitrogens is 1. The number of likely N-dealkylation sites (N-methyl/N-ethyl adjacent to an activating group) is 1. The van der Waals surface area contributed by atoms with Gasteiger partial charge in [-0.2, -0.15) is 0 Å². The first kappa shape index (κ1) is 15.6. The second kappa shape index (κ2) is 6.83. The van der Waals surface area contributed by atoms with Crippen molar-refractivity contribution in [2.45, 2.75) is 22.4 Å². The van der Waals surface area contributed by atoms with Crippen molar-refractivity contribution in [2.24, 2.45) is 0 Å². The van der Waals surface area contributed by atoms with E-state index in [1.807, 2.05) is 30.3 Å². The maximum Gasteiger partial charge on any atom is 0.254 e. The number of benzene rings is 1. The molecule has 0 radical (unpaired) electrons. The van der Waals surface area contributed by atoms with Crippen molar-refractivity contribution in [2.75, 3.05) is 13.6 Å². The van der Waals surface area contributed by atoms with E-state index in [0.717, 1.165) is 4.90 Å². The van der Waals surface area contributed by atoms with Gasteiger partial charge in [-0.05, 0) is 24.3 Å². The van der Waals surface area contributed by atoms with Gasteiger partial charge in [0.25, 0.3) is 5.91 Å². The molecule has 1 saturated heterocycles. The predicted octanol–water partition coefficient (Wildman–Crippen LogP) is 2.19. The van der Waals surface area contributed by atoms with Crippen LogP contribution in [0.2, 0.25) is 0 Å². The van der Waals surface area contributed by atoms with Crippen LogP contribution in [0.4, 0.5) is 0 Å². The van der Waals surface area contributed by atoms with Crippen molar-refractivity contribution in [3.63, 3.8) is 0 Å². The number of likely N-dealkylation sites (tertiary alicyclic amines) is 1. The van der Waals surface area contributed by atoms with E-state index >= 15 is 0 Å². The molecule has 0 spiro atoms. The summed E-state index contributed by atoms with van der Waals surface area (Å²) in [6.07, 6.45) is 2.03. The largest absolute Gasteiger partial charge is 0.347 e. The summed E-state index contributed by atoms with van der Waals surface area (Å²) < 4.78 is 0. The molecule has 0 unspecified atom stereocenters. The van der Waals surface area contributed by atoms with Crippen molar-refractivity contribution in [1.82, 2.24) is 15.2 Å². The third-order valence-corrected chi connectivity index (χ3v) is 4.68. The molecule has 0 aliphatic carbocycles. The molecule has 0 bridgehead atoms. The Balaban J connectivity index is 1.75. The van der Waals surface area contributed by atoms with Crippen LogP contribution in [0, 0.1) is 0 Å².